The molecule has 0 aromatic heterocycles. The van der Waals surface area contributed by atoms with Crippen LogP contribution in [0.5, 0.6) is 0 Å². The standard InChI is InChI=1S/C18H12.C2H8Si2/c1-2-6-14-10-18-12-16-8-4-3-7-15(16)11-17(18)9-13(14)5-1;1-2-4-3-1/h1-12H;1-4H2. The predicted molar refractivity (Wildman–Crippen MR) is 106 cm³/mol. The molecule has 4 aromatic carbocycles. The fourth-order valence-corrected chi connectivity index (χ4v) is 4.88. The second kappa shape index (κ2) is 6.07. The number of benzene rings is 4. The van der Waals surface area contributed by atoms with E-state index in [0.717, 1.165) is 18.1 Å². The highest BCUT2D eigenvalue weighted by Gasteiger charge is 2.00. The highest BCUT2D eigenvalue weighted by atomic mass is 29.1. The fraction of sp³-hybridized carbons (Fsp3) is 0.100. The van der Waals surface area contributed by atoms with Crippen molar-refractivity contribution in [1.29, 1.82) is 0 Å². The van der Waals surface area contributed by atoms with Crippen LogP contribution in [0.3, 0.4) is 0 Å². The molecule has 1 heterocycles. The molecule has 0 amide bonds. The third-order valence-electron chi connectivity index (χ3n) is 4.57. The van der Waals surface area contributed by atoms with Crippen LogP contribution in [0.2, 0.25) is 12.1 Å². The average molecular weight is 317 g/mol. The first-order valence-corrected chi connectivity index (χ1v) is 14.2. The summed E-state index contributed by atoms with van der Waals surface area (Å²) in [5, 5.41) is 7.85. The molecule has 0 spiro atoms. The Bertz CT molecular complexity index is 792. The zero-order valence-electron chi connectivity index (χ0n) is 12.8. The van der Waals surface area contributed by atoms with Gasteiger partial charge in [0.25, 0.3) is 0 Å². The molecule has 0 bridgehead atoms. The van der Waals surface area contributed by atoms with Gasteiger partial charge in [-0.1, -0.05) is 60.6 Å². The molecule has 4 aromatic rings. The third-order valence-corrected chi connectivity index (χ3v) is 12.6. The summed E-state index contributed by atoms with van der Waals surface area (Å²) < 4.78 is 0. The van der Waals surface area contributed by atoms with Gasteiger partial charge < -0.3 is 0 Å². The van der Waals surface area contributed by atoms with Crippen molar-refractivity contribution in [2.24, 2.45) is 0 Å². The van der Waals surface area contributed by atoms with Crippen molar-refractivity contribution in [3.05, 3.63) is 72.8 Å². The summed E-state index contributed by atoms with van der Waals surface area (Å²) in [6, 6.07) is 29.6. The molecule has 1 aliphatic rings. The lowest BCUT2D eigenvalue weighted by molar-refractivity contribution is 1.40. The molecule has 0 saturated carbocycles. The van der Waals surface area contributed by atoms with E-state index in [9.17, 15) is 0 Å². The van der Waals surface area contributed by atoms with Gasteiger partial charge in [0.05, 0.1) is 0 Å². The Balaban J connectivity index is 0.000000274. The molecule has 108 valence electrons. The molecular weight excluding hydrogens is 296 g/mol. The second-order valence-electron chi connectivity index (χ2n) is 6.16. The summed E-state index contributed by atoms with van der Waals surface area (Å²) in [7, 11) is 1.49. The topological polar surface area (TPSA) is 0 Å². The van der Waals surface area contributed by atoms with Crippen LogP contribution in [0.15, 0.2) is 72.8 Å². The maximum atomic E-state index is 2.27. The van der Waals surface area contributed by atoms with E-state index in [1.54, 1.807) is 12.1 Å². The SMILES string of the molecule is C1C[SiH2][SiH2]1.c1ccc2cc3cc4ccccc4cc3cc2c1. The molecule has 0 aliphatic carbocycles. The van der Waals surface area contributed by atoms with Crippen molar-refractivity contribution < 1.29 is 0 Å². The molecule has 5 rings (SSSR count). The van der Waals surface area contributed by atoms with E-state index in [2.05, 4.69) is 72.8 Å². The first kappa shape index (κ1) is 13.7. The minimum atomic E-state index is 0.744. The first-order valence-electron chi connectivity index (χ1n) is 8.21. The van der Waals surface area contributed by atoms with Crippen LogP contribution in [-0.4, -0.2) is 18.1 Å². The molecule has 0 nitrogen and oxygen atoms in total. The molecule has 1 aliphatic heterocycles. The van der Waals surface area contributed by atoms with Crippen molar-refractivity contribution in [2.75, 3.05) is 0 Å². The Kier molecular flexibility index (Phi) is 3.79. The van der Waals surface area contributed by atoms with Crippen molar-refractivity contribution in [2.45, 2.75) is 12.1 Å². The summed E-state index contributed by atoms with van der Waals surface area (Å²) in [6.45, 7) is 0. The van der Waals surface area contributed by atoms with Gasteiger partial charge in [-0.05, 0) is 56.6 Å². The lowest BCUT2D eigenvalue weighted by Crippen LogP contribution is -2.13. The number of rotatable bonds is 0. The van der Waals surface area contributed by atoms with Gasteiger partial charge in [-0.2, -0.15) is 0 Å². The maximum absolute atomic E-state index is 2.27. The first-order chi connectivity index (χ1) is 10.9. The van der Waals surface area contributed by atoms with E-state index >= 15 is 0 Å². The summed E-state index contributed by atoms with van der Waals surface area (Å²) in [5.41, 5.74) is 0. The van der Waals surface area contributed by atoms with E-state index in [1.807, 2.05) is 0 Å². The molecule has 1 saturated heterocycles. The molecule has 0 unspecified atom stereocenters. The molecule has 0 radical (unpaired) electrons. The molecule has 0 atom stereocenters. The van der Waals surface area contributed by atoms with E-state index < -0.39 is 0 Å². The third kappa shape index (κ3) is 2.72. The van der Waals surface area contributed by atoms with Gasteiger partial charge in [-0.3, -0.25) is 0 Å². The van der Waals surface area contributed by atoms with Crippen LogP contribution in [0, 0.1) is 0 Å². The highest BCUT2D eigenvalue weighted by Crippen LogP contribution is 2.27. The van der Waals surface area contributed by atoms with E-state index in [0.29, 0.717) is 0 Å². The monoisotopic (exact) mass is 316 g/mol. The van der Waals surface area contributed by atoms with E-state index in [1.165, 1.54) is 32.3 Å². The summed E-state index contributed by atoms with van der Waals surface area (Å²) >= 11 is 0. The number of hydrogen-bond acceptors (Lipinski definition) is 0. The Morgan fingerprint density at radius 1 is 0.455 bits per heavy atom. The normalized spacial score (nSPS) is 15.8. The van der Waals surface area contributed by atoms with Crippen molar-refractivity contribution in [3.8, 4) is 0 Å². The predicted octanol–water partition coefficient (Wildman–Crippen LogP) is 4.24. The Morgan fingerprint density at radius 3 is 0.955 bits per heavy atom. The summed E-state index contributed by atoms with van der Waals surface area (Å²) in [4.78, 5) is 0. The lowest BCUT2D eigenvalue weighted by Gasteiger charge is -2.04. The number of hydrogen-bond donors (Lipinski definition) is 0. The van der Waals surface area contributed by atoms with Gasteiger partial charge in [-0.25, -0.2) is 0 Å². The van der Waals surface area contributed by atoms with Gasteiger partial charge in [-0.15, -0.1) is 0 Å². The highest BCUT2D eigenvalue weighted by molar-refractivity contribution is 7.05. The lowest BCUT2D eigenvalue weighted by atomic mass is 10.00. The molecule has 0 N–H and O–H groups in total. The van der Waals surface area contributed by atoms with E-state index in [-0.39, 0.29) is 0 Å². The Morgan fingerprint density at radius 2 is 0.727 bits per heavy atom. The van der Waals surface area contributed by atoms with Crippen molar-refractivity contribution >= 4 is 50.4 Å². The Hall–Kier alpha value is -1.91. The van der Waals surface area contributed by atoms with Crippen LogP contribution in [-0.2, 0) is 0 Å². The summed E-state index contributed by atoms with van der Waals surface area (Å²) in [6.07, 6.45) is 0. The van der Waals surface area contributed by atoms with Gasteiger partial charge in [0, 0.05) is 18.1 Å². The minimum Gasteiger partial charge on any atom is -0.0682 e. The van der Waals surface area contributed by atoms with Gasteiger partial charge in [0.15, 0.2) is 0 Å². The molecule has 2 heteroatoms. The largest absolute Gasteiger partial charge is 0.0682 e. The van der Waals surface area contributed by atoms with Crippen LogP contribution >= 0.6 is 0 Å². The molecule has 22 heavy (non-hydrogen) atoms. The maximum Gasteiger partial charge on any atom is 0.00756 e. The average Bonchev–Trinajstić information content (AvgIpc) is 2.49. The van der Waals surface area contributed by atoms with Crippen LogP contribution in [0.1, 0.15) is 0 Å². The zero-order chi connectivity index (χ0) is 14.8. The van der Waals surface area contributed by atoms with Gasteiger partial charge in [0.2, 0.25) is 0 Å². The van der Waals surface area contributed by atoms with E-state index in [4.69, 9.17) is 0 Å². The number of fused-ring (bicyclic) bond motifs is 3. The summed E-state index contributed by atoms with van der Waals surface area (Å²) in [5.74, 6) is 0. The van der Waals surface area contributed by atoms with Crippen LogP contribution in [0.4, 0.5) is 0 Å². The Labute approximate surface area is 135 Å². The van der Waals surface area contributed by atoms with Crippen LogP contribution in [0.25, 0.3) is 32.3 Å². The molecular formula is C20H20Si2. The van der Waals surface area contributed by atoms with Crippen LogP contribution < -0.4 is 0 Å². The second-order valence-corrected chi connectivity index (χ2v) is 13.2. The van der Waals surface area contributed by atoms with Gasteiger partial charge in [0.1, 0.15) is 0 Å². The van der Waals surface area contributed by atoms with Crippen molar-refractivity contribution in [3.63, 3.8) is 0 Å². The molecule has 1 fully saturated rings. The quantitative estimate of drug-likeness (QED) is 0.336. The van der Waals surface area contributed by atoms with Crippen molar-refractivity contribution in [1.82, 2.24) is 0 Å². The van der Waals surface area contributed by atoms with Gasteiger partial charge >= 0.3 is 0 Å². The minimum absolute atomic E-state index is 0.744. The zero-order valence-corrected chi connectivity index (χ0v) is 15.6. The fourth-order valence-electron chi connectivity index (χ4n) is 2.88. The smallest absolute Gasteiger partial charge is 0.00756 e.